The minimum Gasteiger partial charge on any atom is -0.385 e. The maximum Gasteiger partial charge on any atom is 0.330 e. The van der Waals surface area contributed by atoms with Crippen molar-refractivity contribution in [1.29, 1.82) is 0 Å². The van der Waals surface area contributed by atoms with Gasteiger partial charge in [-0.3, -0.25) is 19.1 Å². The van der Waals surface area contributed by atoms with Gasteiger partial charge in [0.15, 0.2) is 5.69 Å². The van der Waals surface area contributed by atoms with Crippen molar-refractivity contribution in [1.82, 2.24) is 9.55 Å². The van der Waals surface area contributed by atoms with Crippen LogP contribution in [0.5, 0.6) is 0 Å². The lowest BCUT2D eigenvalue weighted by Crippen LogP contribution is -2.44. The van der Waals surface area contributed by atoms with Crippen LogP contribution in [0.3, 0.4) is 0 Å². The van der Waals surface area contributed by atoms with E-state index >= 15 is 0 Å². The minimum absolute atomic E-state index is 0.0547. The van der Waals surface area contributed by atoms with Gasteiger partial charge in [-0.25, -0.2) is 4.79 Å². The smallest absolute Gasteiger partial charge is 0.330 e. The summed E-state index contributed by atoms with van der Waals surface area (Å²) in [5.41, 5.74) is 5.15. The van der Waals surface area contributed by atoms with Crippen LogP contribution in [0.4, 0.5) is 11.5 Å². The monoisotopic (exact) mass is 380 g/mol. The van der Waals surface area contributed by atoms with Crippen molar-refractivity contribution in [3.63, 3.8) is 0 Å². The number of nitrogen functional groups attached to an aromatic ring is 1. The van der Waals surface area contributed by atoms with Crippen molar-refractivity contribution in [2.24, 2.45) is 11.8 Å². The zero-order valence-corrected chi connectivity index (χ0v) is 16.6. The molecule has 0 spiro atoms. The molecule has 1 saturated carbocycles. The highest BCUT2D eigenvalue weighted by molar-refractivity contribution is 5.97. The molecule has 1 heterocycles. The van der Waals surface area contributed by atoms with Gasteiger partial charge in [-0.1, -0.05) is 33.1 Å². The first kappa shape index (κ1) is 21.2. The first-order valence-corrected chi connectivity index (χ1v) is 9.79. The molecule has 27 heavy (non-hydrogen) atoms. The summed E-state index contributed by atoms with van der Waals surface area (Å²) in [5, 5.41) is 0. The predicted octanol–water partition coefficient (Wildman–Crippen LogP) is 1.72. The second-order valence-electron chi connectivity index (χ2n) is 7.67. The molecule has 0 saturated heterocycles. The normalized spacial score (nSPS) is 15.3. The maximum atomic E-state index is 13.2. The van der Waals surface area contributed by atoms with Gasteiger partial charge < -0.3 is 15.4 Å². The number of aromatic amines is 1. The van der Waals surface area contributed by atoms with E-state index in [2.05, 4.69) is 4.98 Å². The lowest BCUT2D eigenvalue weighted by Gasteiger charge is -2.30. The van der Waals surface area contributed by atoms with Crippen LogP contribution in [0.25, 0.3) is 0 Å². The Morgan fingerprint density at radius 2 is 1.96 bits per heavy atom. The van der Waals surface area contributed by atoms with E-state index < -0.39 is 11.2 Å². The van der Waals surface area contributed by atoms with E-state index in [1.165, 1.54) is 9.47 Å². The Morgan fingerprint density at radius 3 is 2.56 bits per heavy atom. The van der Waals surface area contributed by atoms with E-state index in [4.69, 9.17) is 10.5 Å². The number of nitrogens with one attached hydrogen (secondary N) is 1. The zero-order valence-electron chi connectivity index (χ0n) is 16.6. The van der Waals surface area contributed by atoms with E-state index in [1.807, 2.05) is 13.8 Å². The van der Waals surface area contributed by atoms with Crippen molar-refractivity contribution in [2.75, 3.05) is 30.9 Å². The zero-order chi connectivity index (χ0) is 20.0. The molecule has 8 nitrogen and oxygen atoms in total. The first-order chi connectivity index (χ1) is 12.9. The van der Waals surface area contributed by atoms with Gasteiger partial charge in [-0.2, -0.15) is 0 Å². The van der Waals surface area contributed by atoms with Gasteiger partial charge in [0.05, 0.1) is 0 Å². The molecule has 2 rings (SSSR count). The van der Waals surface area contributed by atoms with Crippen LogP contribution in [0.2, 0.25) is 0 Å². The molecule has 0 radical (unpaired) electrons. The number of aromatic nitrogens is 2. The molecule has 1 aliphatic carbocycles. The van der Waals surface area contributed by atoms with Gasteiger partial charge in [-0.15, -0.1) is 0 Å². The number of hydrogen-bond donors (Lipinski definition) is 2. The predicted molar refractivity (Wildman–Crippen MR) is 106 cm³/mol. The summed E-state index contributed by atoms with van der Waals surface area (Å²) in [6.07, 6.45) is 5.39. The molecule has 0 unspecified atom stereocenters. The number of anilines is 2. The van der Waals surface area contributed by atoms with Crippen molar-refractivity contribution in [3.05, 3.63) is 20.8 Å². The number of carbonyl (C=O) groups is 1. The van der Waals surface area contributed by atoms with Crippen molar-refractivity contribution in [3.8, 4) is 0 Å². The van der Waals surface area contributed by atoms with E-state index in [0.717, 1.165) is 32.1 Å². The summed E-state index contributed by atoms with van der Waals surface area (Å²) >= 11 is 0. The molecule has 1 aliphatic rings. The fourth-order valence-corrected chi connectivity index (χ4v) is 3.65. The quantitative estimate of drug-likeness (QED) is 0.667. The highest BCUT2D eigenvalue weighted by Gasteiger charge is 2.30. The van der Waals surface area contributed by atoms with Crippen LogP contribution < -0.4 is 21.9 Å². The number of rotatable bonds is 8. The molecule has 0 aromatic carbocycles. The van der Waals surface area contributed by atoms with E-state index in [-0.39, 0.29) is 29.2 Å². The number of nitrogens with two attached hydrogens (primary N) is 1. The molecule has 8 heteroatoms. The Hall–Kier alpha value is -2.09. The van der Waals surface area contributed by atoms with E-state index in [0.29, 0.717) is 26.1 Å². The molecule has 3 N–H and O–H groups in total. The topological polar surface area (TPSA) is 110 Å². The third kappa shape index (κ3) is 5.22. The molecule has 152 valence electrons. The average molecular weight is 380 g/mol. The molecule has 1 aromatic heterocycles. The number of ether oxygens (including phenoxy) is 1. The molecular weight excluding hydrogens is 348 g/mol. The van der Waals surface area contributed by atoms with Gasteiger partial charge in [0.25, 0.3) is 5.56 Å². The molecule has 1 amide bonds. The molecular formula is C19H32N4O4. The summed E-state index contributed by atoms with van der Waals surface area (Å²) in [7, 11) is 1.59. The van der Waals surface area contributed by atoms with Crippen LogP contribution in [0, 0.1) is 11.8 Å². The van der Waals surface area contributed by atoms with Crippen molar-refractivity contribution in [2.45, 2.75) is 58.9 Å². The number of hydrogen-bond acceptors (Lipinski definition) is 5. The Labute approximate surface area is 159 Å². The SMILES string of the molecule is COCCCN(C(=O)C1CCCCC1)c1c(N)n(CC(C)C)c(=O)[nH]c1=O. The van der Waals surface area contributed by atoms with Gasteiger partial charge in [0.2, 0.25) is 5.91 Å². The molecule has 1 aromatic rings. The van der Waals surface area contributed by atoms with Crippen LogP contribution >= 0.6 is 0 Å². The molecule has 0 aliphatic heterocycles. The van der Waals surface area contributed by atoms with Gasteiger partial charge in [0.1, 0.15) is 5.82 Å². The van der Waals surface area contributed by atoms with Crippen LogP contribution in [-0.4, -0.2) is 35.7 Å². The average Bonchev–Trinajstić information content (AvgIpc) is 2.64. The van der Waals surface area contributed by atoms with Crippen molar-refractivity contribution < 1.29 is 9.53 Å². The Kier molecular flexibility index (Phi) is 7.65. The first-order valence-electron chi connectivity index (χ1n) is 9.79. The minimum atomic E-state index is -0.612. The van der Waals surface area contributed by atoms with Crippen LogP contribution in [-0.2, 0) is 16.1 Å². The van der Waals surface area contributed by atoms with Gasteiger partial charge in [-0.05, 0) is 25.2 Å². The highest BCUT2D eigenvalue weighted by atomic mass is 16.5. The lowest BCUT2D eigenvalue weighted by molar-refractivity contribution is -0.123. The summed E-state index contributed by atoms with van der Waals surface area (Å²) in [4.78, 5) is 41.8. The summed E-state index contributed by atoms with van der Waals surface area (Å²) in [5.74, 6) is 0.0297. The third-order valence-corrected chi connectivity index (χ3v) is 4.98. The summed E-state index contributed by atoms with van der Waals surface area (Å²) in [6.45, 7) is 5.09. The maximum absolute atomic E-state index is 13.2. The largest absolute Gasteiger partial charge is 0.385 e. The Balaban J connectivity index is 2.45. The third-order valence-electron chi connectivity index (χ3n) is 4.98. The number of methoxy groups -OCH3 is 1. The van der Waals surface area contributed by atoms with Crippen LogP contribution in [0.1, 0.15) is 52.4 Å². The number of H-pyrrole nitrogens is 1. The molecule has 0 atom stereocenters. The molecule has 1 fully saturated rings. The number of carbonyl (C=O) groups excluding carboxylic acids is 1. The Morgan fingerprint density at radius 1 is 1.30 bits per heavy atom. The van der Waals surface area contributed by atoms with E-state index in [1.54, 1.807) is 7.11 Å². The summed E-state index contributed by atoms with van der Waals surface area (Å²) < 4.78 is 6.45. The number of nitrogens with zero attached hydrogens (tertiary/aromatic N) is 2. The highest BCUT2D eigenvalue weighted by Crippen LogP contribution is 2.28. The fraction of sp³-hybridized carbons (Fsp3) is 0.737. The Bertz CT molecular complexity index is 747. The standard InChI is InChI=1S/C19H32N4O4/c1-13(2)12-23-16(20)15(17(24)21-19(23)26)22(10-7-11-27-3)18(25)14-8-5-4-6-9-14/h13-14H,4-12,20H2,1-3H3,(H,21,24,26). The summed E-state index contributed by atoms with van der Waals surface area (Å²) in [6, 6.07) is 0. The lowest BCUT2D eigenvalue weighted by atomic mass is 9.88. The fourth-order valence-electron chi connectivity index (χ4n) is 3.65. The molecule has 0 bridgehead atoms. The van der Waals surface area contributed by atoms with Crippen LogP contribution in [0.15, 0.2) is 9.59 Å². The second-order valence-corrected chi connectivity index (χ2v) is 7.67. The van der Waals surface area contributed by atoms with Crippen molar-refractivity contribution >= 4 is 17.4 Å². The second kappa shape index (κ2) is 9.73. The number of amides is 1. The van der Waals surface area contributed by atoms with Gasteiger partial charge >= 0.3 is 5.69 Å². The van der Waals surface area contributed by atoms with Gasteiger partial charge in [0, 0.05) is 32.7 Å². The van der Waals surface area contributed by atoms with E-state index in [9.17, 15) is 14.4 Å².